The van der Waals surface area contributed by atoms with Crippen molar-refractivity contribution in [3.05, 3.63) is 34.0 Å². The third-order valence-corrected chi connectivity index (χ3v) is 3.43. The van der Waals surface area contributed by atoms with Crippen LogP contribution in [0.4, 0.5) is 0 Å². The molecular formula is C13H18N4OS. The summed E-state index contributed by atoms with van der Waals surface area (Å²) in [4.78, 5) is 16.2. The van der Waals surface area contributed by atoms with Crippen molar-refractivity contribution in [2.45, 2.75) is 32.7 Å². The van der Waals surface area contributed by atoms with E-state index in [1.807, 2.05) is 11.4 Å². The number of nitrogens with one attached hydrogen (secondary N) is 1. The zero-order valence-corrected chi connectivity index (χ0v) is 12.4. The molecule has 0 aliphatic rings. The molecule has 0 saturated carbocycles. The molecule has 0 unspecified atom stereocenters. The fraction of sp³-hybridized carbons (Fsp3) is 0.462. The van der Waals surface area contributed by atoms with Crippen molar-refractivity contribution in [1.29, 1.82) is 0 Å². The number of thiazole rings is 1. The van der Waals surface area contributed by atoms with Crippen LogP contribution in [0, 0.1) is 0 Å². The van der Waals surface area contributed by atoms with Gasteiger partial charge in [-0.3, -0.25) is 9.48 Å². The van der Waals surface area contributed by atoms with Crippen LogP contribution in [0.25, 0.3) is 0 Å². The Hall–Kier alpha value is -1.69. The molecule has 1 N–H and O–H groups in total. The summed E-state index contributed by atoms with van der Waals surface area (Å²) < 4.78 is 1.62. The van der Waals surface area contributed by atoms with E-state index in [1.54, 1.807) is 17.2 Å². The SMILES string of the molecule is Cn1nc(C(C)(C)C)cc1C(=O)NCc1cscn1. The average molecular weight is 278 g/mol. The van der Waals surface area contributed by atoms with Gasteiger partial charge in [-0.1, -0.05) is 20.8 Å². The standard InChI is InChI=1S/C13H18N4OS/c1-13(2,3)11-5-10(17(4)16-11)12(18)14-6-9-7-19-8-15-9/h5,7-8H,6H2,1-4H3,(H,14,18). The molecule has 0 aromatic carbocycles. The lowest BCUT2D eigenvalue weighted by molar-refractivity contribution is 0.0941. The number of nitrogens with zero attached hydrogens (tertiary/aromatic N) is 3. The van der Waals surface area contributed by atoms with Crippen molar-refractivity contribution in [1.82, 2.24) is 20.1 Å². The van der Waals surface area contributed by atoms with Gasteiger partial charge in [-0.25, -0.2) is 4.98 Å². The lowest BCUT2D eigenvalue weighted by Gasteiger charge is -2.13. The van der Waals surface area contributed by atoms with E-state index in [2.05, 4.69) is 36.2 Å². The van der Waals surface area contributed by atoms with E-state index < -0.39 is 0 Å². The molecule has 2 aromatic rings. The van der Waals surface area contributed by atoms with Gasteiger partial charge >= 0.3 is 0 Å². The highest BCUT2D eigenvalue weighted by Crippen LogP contribution is 2.21. The number of rotatable bonds is 3. The number of carbonyl (C=O) groups is 1. The zero-order chi connectivity index (χ0) is 14.0. The second-order valence-corrected chi connectivity index (χ2v) is 6.17. The number of aromatic nitrogens is 3. The molecule has 0 aliphatic heterocycles. The van der Waals surface area contributed by atoms with E-state index in [4.69, 9.17) is 0 Å². The van der Waals surface area contributed by atoms with Crippen LogP contribution in [0.5, 0.6) is 0 Å². The first-order valence-electron chi connectivity index (χ1n) is 6.07. The summed E-state index contributed by atoms with van der Waals surface area (Å²) in [6.07, 6.45) is 0. The molecule has 2 aromatic heterocycles. The minimum atomic E-state index is -0.126. The Morgan fingerprint density at radius 2 is 2.21 bits per heavy atom. The van der Waals surface area contributed by atoms with Gasteiger partial charge in [0.2, 0.25) is 0 Å². The summed E-state index contributed by atoms with van der Waals surface area (Å²) in [5.41, 5.74) is 4.04. The molecule has 0 spiro atoms. The highest BCUT2D eigenvalue weighted by Gasteiger charge is 2.21. The van der Waals surface area contributed by atoms with Crippen molar-refractivity contribution in [3.63, 3.8) is 0 Å². The van der Waals surface area contributed by atoms with E-state index in [1.165, 1.54) is 11.3 Å². The molecule has 2 rings (SSSR count). The molecule has 102 valence electrons. The second kappa shape index (κ2) is 5.13. The smallest absolute Gasteiger partial charge is 0.269 e. The third kappa shape index (κ3) is 3.20. The Morgan fingerprint density at radius 3 is 2.74 bits per heavy atom. The van der Waals surface area contributed by atoms with Gasteiger partial charge < -0.3 is 5.32 Å². The van der Waals surface area contributed by atoms with Gasteiger partial charge in [-0.15, -0.1) is 11.3 Å². The molecule has 19 heavy (non-hydrogen) atoms. The summed E-state index contributed by atoms with van der Waals surface area (Å²) in [6.45, 7) is 6.67. The Bertz CT molecular complexity index is 566. The predicted octanol–water partition coefficient (Wildman–Crippen LogP) is 2.10. The molecule has 0 atom stereocenters. The van der Waals surface area contributed by atoms with Gasteiger partial charge in [-0.05, 0) is 6.07 Å². The highest BCUT2D eigenvalue weighted by molar-refractivity contribution is 7.07. The minimum Gasteiger partial charge on any atom is -0.345 e. The van der Waals surface area contributed by atoms with Crippen LogP contribution in [0.2, 0.25) is 0 Å². The maximum absolute atomic E-state index is 12.1. The number of carbonyl (C=O) groups excluding carboxylic acids is 1. The van der Waals surface area contributed by atoms with Gasteiger partial charge in [0.15, 0.2) is 0 Å². The molecule has 0 fully saturated rings. The molecule has 2 heterocycles. The van der Waals surface area contributed by atoms with E-state index >= 15 is 0 Å². The van der Waals surface area contributed by atoms with Crippen molar-refractivity contribution in [2.24, 2.45) is 7.05 Å². The fourth-order valence-electron chi connectivity index (χ4n) is 1.63. The van der Waals surface area contributed by atoms with E-state index in [9.17, 15) is 4.79 Å². The molecule has 0 bridgehead atoms. The van der Waals surface area contributed by atoms with Gasteiger partial charge in [-0.2, -0.15) is 5.10 Å². The maximum atomic E-state index is 12.1. The first-order chi connectivity index (χ1) is 8.88. The molecule has 1 amide bonds. The average Bonchev–Trinajstić information content (AvgIpc) is 2.93. The first-order valence-corrected chi connectivity index (χ1v) is 7.02. The van der Waals surface area contributed by atoms with Gasteiger partial charge in [0, 0.05) is 17.8 Å². The summed E-state index contributed by atoms with van der Waals surface area (Å²) in [5.74, 6) is -0.126. The van der Waals surface area contributed by atoms with E-state index in [0.717, 1.165) is 11.4 Å². The minimum absolute atomic E-state index is 0.0643. The van der Waals surface area contributed by atoms with E-state index in [0.29, 0.717) is 12.2 Å². The monoisotopic (exact) mass is 278 g/mol. The summed E-state index contributed by atoms with van der Waals surface area (Å²) in [5, 5.41) is 9.16. The molecule has 0 aliphatic carbocycles. The van der Waals surface area contributed by atoms with E-state index in [-0.39, 0.29) is 11.3 Å². The summed E-state index contributed by atoms with van der Waals surface area (Å²) in [6, 6.07) is 1.84. The topological polar surface area (TPSA) is 59.8 Å². The largest absolute Gasteiger partial charge is 0.345 e. The highest BCUT2D eigenvalue weighted by atomic mass is 32.1. The molecular weight excluding hydrogens is 260 g/mol. The maximum Gasteiger partial charge on any atom is 0.269 e. The van der Waals surface area contributed by atoms with Crippen molar-refractivity contribution in [3.8, 4) is 0 Å². The third-order valence-electron chi connectivity index (χ3n) is 2.79. The number of hydrogen-bond donors (Lipinski definition) is 1. The number of aryl methyl sites for hydroxylation is 1. The van der Waals surface area contributed by atoms with Gasteiger partial charge in [0.05, 0.1) is 23.4 Å². The van der Waals surface area contributed by atoms with Crippen LogP contribution in [0.15, 0.2) is 17.0 Å². The molecule has 0 saturated heterocycles. The summed E-state index contributed by atoms with van der Waals surface area (Å²) >= 11 is 1.52. The van der Waals surface area contributed by atoms with Gasteiger partial charge in [0.1, 0.15) is 5.69 Å². The zero-order valence-electron chi connectivity index (χ0n) is 11.6. The number of amides is 1. The Labute approximate surface area is 116 Å². The lowest BCUT2D eigenvalue weighted by Crippen LogP contribution is -2.25. The molecule has 5 nitrogen and oxygen atoms in total. The van der Waals surface area contributed by atoms with Crippen LogP contribution in [0.1, 0.15) is 42.6 Å². The van der Waals surface area contributed by atoms with Crippen molar-refractivity contribution in [2.75, 3.05) is 0 Å². The molecule has 0 radical (unpaired) electrons. The predicted molar refractivity (Wildman–Crippen MR) is 75.2 cm³/mol. The Morgan fingerprint density at radius 1 is 1.47 bits per heavy atom. The lowest BCUT2D eigenvalue weighted by atomic mass is 9.92. The van der Waals surface area contributed by atoms with Crippen LogP contribution < -0.4 is 5.32 Å². The molecule has 6 heteroatoms. The first kappa shape index (κ1) is 13.7. The van der Waals surface area contributed by atoms with Crippen LogP contribution in [0.3, 0.4) is 0 Å². The number of hydrogen-bond acceptors (Lipinski definition) is 4. The summed E-state index contributed by atoms with van der Waals surface area (Å²) in [7, 11) is 1.78. The van der Waals surface area contributed by atoms with Gasteiger partial charge in [0.25, 0.3) is 5.91 Å². The van der Waals surface area contributed by atoms with Crippen LogP contribution in [-0.4, -0.2) is 20.7 Å². The Kier molecular flexibility index (Phi) is 3.71. The van der Waals surface area contributed by atoms with Crippen molar-refractivity contribution < 1.29 is 4.79 Å². The second-order valence-electron chi connectivity index (χ2n) is 5.45. The Balaban J connectivity index is 2.09. The van der Waals surface area contributed by atoms with Crippen molar-refractivity contribution >= 4 is 17.2 Å². The quantitative estimate of drug-likeness (QED) is 0.935. The van der Waals surface area contributed by atoms with Crippen LogP contribution >= 0.6 is 11.3 Å². The van der Waals surface area contributed by atoms with Crippen LogP contribution in [-0.2, 0) is 19.0 Å². The normalized spacial score (nSPS) is 11.6. The fourth-order valence-corrected chi connectivity index (χ4v) is 2.19.